The standard InChI is InChI=1S/C16H14N4O3/c1-10(12-7-5-11(9-17)6-8-12)19-16(21)15-13(18)3-2-4-14(15)20(22)23/h2-8,10H,18H2,1H3,(H,19,21). The molecule has 0 fully saturated rings. The lowest BCUT2D eigenvalue weighted by molar-refractivity contribution is -0.385. The van der Waals surface area contributed by atoms with Crippen molar-refractivity contribution in [3.05, 3.63) is 69.3 Å². The highest BCUT2D eigenvalue weighted by atomic mass is 16.6. The molecular weight excluding hydrogens is 296 g/mol. The summed E-state index contributed by atoms with van der Waals surface area (Å²) in [7, 11) is 0. The van der Waals surface area contributed by atoms with Crippen LogP contribution < -0.4 is 11.1 Å². The molecule has 0 aliphatic heterocycles. The van der Waals surface area contributed by atoms with Crippen molar-refractivity contribution in [2.45, 2.75) is 13.0 Å². The highest BCUT2D eigenvalue weighted by Crippen LogP contribution is 2.25. The predicted molar refractivity (Wildman–Crippen MR) is 84.5 cm³/mol. The van der Waals surface area contributed by atoms with E-state index in [4.69, 9.17) is 11.0 Å². The van der Waals surface area contributed by atoms with Crippen molar-refractivity contribution in [2.75, 3.05) is 5.73 Å². The van der Waals surface area contributed by atoms with Crippen LogP contribution >= 0.6 is 0 Å². The van der Waals surface area contributed by atoms with Gasteiger partial charge in [-0.25, -0.2) is 0 Å². The number of carbonyl (C=O) groups excluding carboxylic acids is 1. The maximum atomic E-state index is 12.3. The van der Waals surface area contributed by atoms with Crippen LogP contribution in [0, 0.1) is 21.4 Å². The second-order valence-electron chi connectivity index (χ2n) is 4.93. The number of nitrogens with one attached hydrogen (secondary N) is 1. The largest absolute Gasteiger partial charge is 0.398 e. The van der Waals surface area contributed by atoms with Gasteiger partial charge in [0.2, 0.25) is 0 Å². The predicted octanol–water partition coefficient (Wildman–Crippen LogP) is 2.54. The van der Waals surface area contributed by atoms with Gasteiger partial charge in [-0.15, -0.1) is 0 Å². The Morgan fingerprint density at radius 2 is 1.96 bits per heavy atom. The Kier molecular flexibility index (Phi) is 4.57. The fourth-order valence-electron chi connectivity index (χ4n) is 2.16. The average Bonchev–Trinajstić information content (AvgIpc) is 2.54. The molecular formula is C16H14N4O3. The number of nitrogens with zero attached hydrogens (tertiary/aromatic N) is 2. The molecule has 3 N–H and O–H groups in total. The van der Waals surface area contributed by atoms with Gasteiger partial charge in [-0.1, -0.05) is 18.2 Å². The molecule has 0 aliphatic rings. The van der Waals surface area contributed by atoms with E-state index < -0.39 is 16.9 Å². The molecule has 0 saturated heterocycles. The minimum Gasteiger partial charge on any atom is -0.398 e. The van der Waals surface area contributed by atoms with Crippen molar-refractivity contribution in [2.24, 2.45) is 0 Å². The minimum absolute atomic E-state index is 0.0451. The Labute approximate surface area is 132 Å². The molecule has 0 saturated carbocycles. The van der Waals surface area contributed by atoms with Crippen LogP contribution in [0.2, 0.25) is 0 Å². The third-order valence-electron chi connectivity index (χ3n) is 3.39. The first-order valence-corrected chi connectivity index (χ1v) is 6.78. The number of carbonyl (C=O) groups is 1. The fraction of sp³-hybridized carbons (Fsp3) is 0.125. The molecule has 1 unspecified atom stereocenters. The molecule has 1 atom stereocenters. The normalized spacial score (nSPS) is 11.3. The van der Waals surface area contributed by atoms with Crippen LogP contribution in [0.5, 0.6) is 0 Å². The zero-order chi connectivity index (χ0) is 17.0. The molecule has 0 bridgehead atoms. The molecule has 7 nitrogen and oxygen atoms in total. The van der Waals surface area contributed by atoms with Crippen LogP contribution in [0.25, 0.3) is 0 Å². The van der Waals surface area contributed by atoms with Gasteiger partial charge in [0, 0.05) is 6.07 Å². The first-order valence-electron chi connectivity index (χ1n) is 6.78. The minimum atomic E-state index is -0.641. The lowest BCUT2D eigenvalue weighted by atomic mass is 10.0. The number of nitro benzene ring substituents is 1. The quantitative estimate of drug-likeness (QED) is 0.510. The molecule has 116 valence electrons. The number of amides is 1. The van der Waals surface area contributed by atoms with Gasteiger partial charge in [0.25, 0.3) is 11.6 Å². The highest BCUT2D eigenvalue weighted by molar-refractivity contribution is 6.03. The lowest BCUT2D eigenvalue weighted by Gasteiger charge is -2.15. The van der Waals surface area contributed by atoms with Crippen molar-refractivity contribution in [3.8, 4) is 6.07 Å². The summed E-state index contributed by atoms with van der Waals surface area (Å²) in [4.78, 5) is 22.8. The van der Waals surface area contributed by atoms with E-state index in [1.54, 1.807) is 31.2 Å². The summed E-state index contributed by atoms with van der Waals surface area (Å²) in [6.45, 7) is 1.74. The summed E-state index contributed by atoms with van der Waals surface area (Å²) in [5, 5.41) is 22.5. The van der Waals surface area contributed by atoms with Crippen molar-refractivity contribution in [1.82, 2.24) is 5.32 Å². The van der Waals surface area contributed by atoms with E-state index in [2.05, 4.69) is 5.32 Å². The fourth-order valence-corrected chi connectivity index (χ4v) is 2.16. The molecule has 0 aromatic heterocycles. The third kappa shape index (κ3) is 3.44. The number of hydrogen-bond acceptors (Lipinski definition) is 5. The monoisotopic (exact) mass is 310 g/mol. The van der Waals surface area contributed by atoms with E-state index in [1.807, 2.05) is 6.07 Å². The van der Waals surface area contributed by atoms with E-state index in [0.29, 0.717) is 5.56 Å². The highest BCUT2D eigenvalue weighted by Gasteiger charge is 2.24. The number of benzene rings is 2. The smallest absolute Gasteiger partial charge is 0.284 e. The Balaban J connectivity index is 2.25. The SMILES string of the molecule is CC(NC(=O)c1c(N)cccc1[N+](=O)[O-])c1ccc(C#N)cc1. The molecule has 0 heterocycles. The summed E-state index contributed by atoms with van der Waals surface area (Å²) in [6.07, 6.45) is 0. The van der Waals surface area contributed by atoms with Crippen LogP contribution in [0.4, 0.5) is 11.4 Å². The van der Waals surface area contributed by atoms with Gasteiger partial charge in [0.05, 0.1) is 28.3 Å². The summed E-state index contributed by atoms with van der Waals surface area (Å²) in [6, 6.07) is 12.4. The third-order valence-corrected chi connectivity index (χ3v) is 3.39. The van der Waals surface area contributed by atoms with Crippen molar-refractivity contribution < 1.29 is 9.72 Å². The zero-order valence-corrected chi connectivity index (χ0v) is 12.3. The number of nitriles is 1. The van der Waals surface area contributed by atoms with E-state index in [0.717, 1.165) is 5.56 Å². The van der Waals surface area contributed by atoms with Gasteiger partial charge in [-0.3, -0.25) is 14.9 Å². The van der Waals surface area contributed by atoms with Crippen LogP contribution in [0.3, 0.4) is 0 Å². The van der Waals surface area contributed by atoms with Crippen LogP contribution in [-0.4, -0.2) is 10.8 Å². The average molecular weight is 310 g/mol. The van der Waals surface area contributed by atoms with Crippen LogP contribution in [0.1, 0.15) is 34.5 Å². The van der Waals surface area contributed by atoms with E-state index in [1.165, 1.54) is 18.2 Å². The number of nitrogen functional groups attached to an aromatic ring is 1. The van der Waals surface area contributed by atoms with Gasteiger partial charge >= 0.3 is 0 Å². The summed E-state index contributed by atoms with van der Waals surface area (Å²) < 4.78 is 0. The molecule has 7 heteroatoms. The summed E-state index contributed by atoms with van der Waals surface area (Å²) in [5.41, 5.74) is 6.55. The molecule has 1 amide bonds. The van der Waals surface area contributed by atoms with Crippen LogP contribution in [0.15, 0.2) is 42.5 Å². The van der Waals surface area contributed by atoms with E-state index in [-0.39, 0.29) is 16.9 Å². The Bertz CT molecular complexity index is 794. The lowest BCUT2D eigenvalue weighted by Crippen LogP contribution is -2.28. The Hall–Kier alpha value is -3.40. The first kappa shape index (κ1) is 16.0. The van der Waals surface area contributed by atoms with Gasteiger partial charge < -0.3 is 11.1 Å². The number of nitrogens with two attached hydrogens (primary N) is 1. The van der Waals surface area contributed by atoms with Crippen LogP contribution in [-0.2, 0) is 0 Å². The second-order valence-corrected chi connectivity index (χ2v) is 4.93. The van der Waals surface area contributed by atoms with Gasteiger partial charge in [-0.2, -0.15) is 5.26 Å². The molecule has 2 rings (SSSR count). The number of rotatable bonds is 4. The number of anilines is 1. The molecule has 0 radical (unpaired) electrons. The zero-order valence-electron chi connectivity index (χ0n) is 12.3. The maximum absolute atomic E-state index is 12.3. The number of hydrogen-bond donors (Lipinski definition) is 2. The van der Waals surface area contributed by atoms with E-state index >= 15 is 0 Å². The number of nitro groups is 1. The second kappa shape index (κ2) is 6.58. The van der Waals surface area contributed by atoms with E-state index in [9.17, 15) is 14.9 Å². The van der Waals surface area contributed by atoms with Gasteiger partial charge in [0.1, 0.15) is 5.56 Å². The topological polar surface area (TPSA) is 122 Å². The van der Waals surface area contributed by atoms with Crippen molar-refractivity contribution in [3.63, 3.8) is 0 Å². The van der Waals surface area contributed by atoms with Crippen molar-refractivity contribution >= 4 is 17.3 Å². The Morgan fingerprint density at radius 3 is 2.52 bits per heavy atom. The molecule has 2 aromatic carbocycles. The Morgan fingerprint density at radius 1 is 1.30 bits per heavy atom. The molecule has 23 heavy (non-hydrogen) atoms. The maximum Gasteiger partial charge on any atom is 0.284 e. The summed E-state index contributed by atoms with van der Waals surface area (Å²) in [5.74, 6) is -0.619. The first-order chi connectivity index (χ1) is 10.9. The van der Waals surface area contributed by atoms with Gasteiger partial charge in [0.15, 0.2) is 0 Å². The molecule has 0 spiro atoms. The molecule has 2 aromatic rings. The summed E-state index contributed by atoms with van der Waals surface area (Å²) >= 11 is 0. The van der Waals surface area contributed by atoms with Crippen molar-refractivity contribution in [1.29, 1.82) is 5.26 Å². The van der Waals surface area contributed by atoms with Gasteiger partial charge in [-0.05, 0) is 30.7 Å². The molecule has 0 aliphatic carbocycles.